The van der Waals surface area contributed by atoms with Gasteiger partial charge in [0.2, 0.25) is 11.8 Å². The average molecular weight is 417 g/mol. The summed E-state index contributed by atoms with van der Waals surface area (Å²) in [4.78, 5) is 44.2. The lowest BCUT2D eigenvalue weighted by Crippen LogP contribution is -2.38. The van der Waals surface area contributed by atoms with E-state index in [0.29, 0.717) is 18.7 Å². The van der Waals surface area contributed by atoms with Gasteiger partial charge in [-0.1, -0.05) is 24.3 Å². The van der Waals surface area contributed by atoms with Crippen molar-refractivity contribution in [2.75, 3.05) is 13.1 Å². The summed E-state index contributed by atoms with van der Waals surface area (Å²) >= 11 is 0. The van der Waals surface area contributed by atoms with Crippen LogP contribution in [0.2, 0.25) is 0 Å². The summed E-state index contributed by atoms with van der Waals surface area (Å²) < 4.78 is 5.90. The van der Waals surface area contributed by atoms with Gasteiger partial charge in [0.15, 0.2) is 11.5 Å². The summed E-state index contributed by atoms with van der Waals surface area (Å²) in [6.45, 7) is 1.57. The molecule has 2 aliphatic rings. The van der Waals surface area contributed by atoms with Gasteiger partial charge in [-0.15, -0.1) is 0 Å². The van der Waals surface area contributed by atoms with Gasteiger partial charge >= 0.3 is 0 Å². The molecular weight excluding hydrogens is 394 g/mol. The molecule has 0 atom stereocenters. The van der Waals surface area contributed by atoms with Crippen molar-refractivity contribution in [2.24, 2.45) is 0 Å². The van der Waals surface area contributed by atoms with Gasteiger partial charge in [-0.25, -0.2) is 4.98 Å². The number of hydrogen-bond acceptors (Lipinski definition) is 5. The third kappa shape index (κ3) is 3.83. The van der Waals surface area contributed by atoms with E-state index in [4.69, 9.17) is 4.42 Å². The monoisotopic (exact) mass is 417 g/mol. The second kappa shape index (κ2) is 7.98. The van der Waals surface area contributed by atoms with Crippen LogP contribution in [-0.2, 0) is 16.1 Å². The van der Waals surface area contributed by atoms with Crippen LogP contribution in [0.5, 0.6) is 0 Å². The molecule has 31 heavy (non-hydrogen) atoms. The van der Waals surface area contributed by atoms with Crippen molar-refractivity contribution in [3.05, 3.63) is 65.5 Å². The Labute approximate surface area is 179 Å². The SMILES string of the molecule is O=C(c1ccc(CN2C(=O)CCC2=O)cc1)N1CCC(c2nc3ccccc3o2)CC1. The molecule has 0 unspecified atom stereocenters. The molecule has 0 bridgehead atoms. The highest BCUT2D eigenvalue weighted by atomic mass is 16.3. The van der Waals surface area contributed by atoms with Gasteiger partial charge in [-0.05, 0) is 42.7 Å². The number of benzene rings is 2. The van der Waals surface area contributed by atoms with Crippen molar-refractivity contribution >= 4 is 28.8 Å². The number of nitrogens with zero attached hydrogens (tertiary/aromatic N) is 3. The lowest BCUT2D eigenvalue weighted by atomic mass is 9.96. The van der Waals surface area contributed by atoms with Crippen molar-refractivity contribution in [1.82, 2.24) is 14.8 Å². The van der Waals surface area contributed by atoms with Gasteiger partial charge in [-0.2, -0.15) is 0 Å². The Balaban J connectivity index is 1.20. The first kappa shape index (κ1) is 19.5. The number of hydrogen-bond donors (Lipinski definition) is 0. The first-order chi connectivity index (χ1) is 15.1. The van der Waals surface area contributed by atoms with E-state index in [-0.39, 0.29) is 43.0 Å². The van der Waals surface area contributed by atoms with Crippen LogP contribution in [0.3, 0.4) is 0 Å². The molecule has 0 spiro atoms. The maximum Gasteiger partial charge on any atom is 0.253 e. The van der Waals surface area contributed by atoms with Crippen LogP contribution in [-0.4, -0.2) is 45.6 Å². The number of carbonyl (C=O) groups excluding carboxylic acids is 3. The van der Waals surface area contributed by atoms with Crippen LogP contribution in [0, 0.1) is 0 Å². The summed E-state index contributed by atoms with van der Waals surface area (Å²) in [6, 6.07) is 14.9. The predicted octanol–water partition coefficient (Wildman–Crippen LogP) is 3.50. The first-order valence-corrected chi connectivity index (χ1v) is 10.7. The Morgan fingerprint density at radius 1 is 0.968 bits per heavy atom. The number of para-hydroxylation sites is 2. The minimum absolute atomic E-state index is 0.00381. The van der Waals surface area contributed by atoms with Crippen molar-refractivity contribution in [3.8, 4) is 0 Å². The molecule has 3 heterocycles. The second-order valence-electron chi connectivity index (χ2n) is 8.16. The zero-order valence-corrected chi connectivity index (χ0v) is 17.1. The van der Waals surface area contributed by atoms with Crippen molar-refractivity contribution in [1.29, 1.82) is 0 Å². The zero-order valence-electron chi connectivity index (χ0n) is 17.1. The molecule has 0 saturated carbocycles. The highest BCUT2D eigenvalue weighted by Gasteiger charge is 2.29. The molecule has 0 N–H and O–H groups in total. The number of piperidine rings is 1. The fraction of sp³-hybridized carbons (Fsp3) is 0.333. The van der Waals surface area contributed by atoms with Crippen LogP contribution in [0.15, 0.2) is 52.9 Å². The number of rotatable bonds is 4. The third-order valence-corrected chi connectivity index (χ3v) is 6.14. The van der Waals surface area contributed by atoms with Crippen LogP contribution in [0.1, 0.15) is 53.4 Å². The second-order valence-corrected chi connectivity index (χ2v) is 8.16. The zero-order chi connectivity index (χ0) is 21.4. The number of oxazole rings is 1. The summed E-state index contributed by atoms with van der Waals surface area (Å²) in [7, 11) is 0. The van der Waals surface area contributed by atoms with E-state index in [1.165, 1.54) is 4.90 Å². The highest BCUT2D eigenvalue weighted by Crippen LogP contribution is 2.30. The van der Waals surface area contributed by atoms with E-state index < -0.39 is 0 Å². The number of amides is 3. The summed E-state index contributed by atoms with van der Waals surface area (Å²) in [5.74, 6) is 0.702. The Kier molecular flexibility index (Phi) is 5.02. The largest absolute Gasteiger partial charge is 0.440 e. The van der Waals surface area contributed by atoms with E-state index in [2.05, 4.69) is 4.98 Å². The number of imide groups is 1. The van der Waals surface area contributed by atoms with Gasteiger partial charge < -0.3 is 9.32 Å². The van der Waals surface area contributed by atoms with E-state index >= 15 is 0 Å². The summed E-state index contributed by atoms with van der Waals surface area (Å²) in [6.07, 6.45) is 2.20. The molecule has 2 saturated heterocycles. The molecule has 158 valence electrons. The molecule has 7 nitrogen and oxygen atoms in total. The molecule has 2 fully saturated rings. The average Bonchev–Trinajstić information content (AvgIpc) is 3.38. The van der Waals surface area contributed by atoms with Crippen LogP contribution < -0.4 is 0 Å². The van der Waals surface area contributed by atoms with Gasteiger partial charge in [0.05, 0.1) is 6.54 Å². The quantitative estimate of drug-likeness (QED) is 0.607. The number of aromatic nitrogens is 1. The standard InChI is InChI=1S/C24H23N3O4/c28-21-9-10-22(29)27(21)15-16-5-7-18(8-6-16)24(30)26-13-11-17(12-14-26)23-25-19-3-1-2-4-20(19)31-23/h1-8,17H,9-15H2. The normalized spacial score (nSPS) is 17.7. The molecule has 5 rings (SSSR count). The molecular formula is C24H23N3O4. The lowest BCUT2D eigenvalue weighted by molar-refractivity contribution is -0.139. The van der Waals surface area contributed by atoms with Gasteiger partial charge in [-0.3, -0.25) is 19.3 Å². The number of fused-ring (bicyclic) bond motifs is 1. The van der Waals surface area contributed by atoms with Gasteiger partial charge in [0.25, 0.3) is 5.91 Å². The highest BCUT2D eigenvalue weighted by molar-refractivity contribution is 6.01. The van der Waals surface area contributed by atoms with Gasteiger partial charge in [0, 0.05) is 37.4 Å². The van der Waals surface area contributed by atoms with Crippen molar-refractivity contribution in [2.45, 2.75) is 38.1 Å². The molecule has 3 amide bonds. The van der Waals surface area contributed by atoms with E-state index in [9.17, 15) is 14.4 Å². The Morgan fingerprint density at radius 3 is 2.32 bits per heavy atom. The molecule has 0 aliphatic carbocycles. The van der Waals surface area contributed by atoms with Crippen molar-refractivity contribution < 1.29 is 18.8 Å². The Morgan fingerprint density at radius 2 is 1.65 bits per heavy atom. The fourth-order valence-electron chi connectivity index (χ4n) is 4.31. The molecule has 3 aromatic rings. The smallest absolute Gasteiger partial charge is 0.253 e. The van der Waals surface area contributed by atoms with Crippen LogP contribution in [0.4, 0.5) is 0 Å². The molecule has 2 aromatic carbocycles. The molecule has 2 aliphatic heterocycles. The number of carbonyl (C=O) groups is 3. The van der Waals surface area contributed by atoms with E-state index in [1.807, 2.05) is 41.3 Å². The molecule has 0 radical (unpaired) electrons. The fourth-order valence-corrected chi connectivity index (χ4v) is 4.31. The number of likely N-dealkylation sites (tertiary alicyclic amines) is 2. The molecule has 7 heteroatoms. The Bertz CT molecular complexity index is 1090. The van der Waals surface area contributed by atoms with Gasteiger partial charge in [0.1, 0.15) is 5.52 Å². The topological polar surface area (TPSA) is 83.7 Å². The Hall–Kier alpha value is -3.48. The minimum Gasteiger partial charge on any atom is -0.440 e. The van der Waals surface area contributed by atoms with Crippen molar-refractivity contribution in [3.63, 3.8) is 0 Å². The van der Waals surface area contributed by atoms with E-state index in [0.717, 1.165) is 35.4 Å². The van der Waals surface area contributed by atoms with Crippen LogP contribution in [0.25, 0.3) is 11.1 Å². The summed E-state index contributed by atoms with van der Waals surface area (Å²) in [5.41, 5.74) is 3.12. The third-order valence-electron chi connectivity index (χ3n) is 6.14. The van der Waals surface area contributed by atoms with Crippen LogP contribution >= 0.6 is 0 Å². The first-order valence-electron chi connectivity index (χ1n) is 10.7. The maximum absolute atomic E-state index is 12.9. The minimum atomic E-state index is -0.132. The summed E-state index contributed by atoms with van der Waals surface area (Å²) in [5, 5.41) is 0. The molecule has 1 aromatic heterocycles. The predicted molar refractivity (Wildman–Crippen MR) is 113 cm³/mol. The van der Waals surface area contributed by atoms with E-state index in [1.54, 1.807) is 12.1 Å². The maximum atomic E-state index is 12.9. The lowest BCUT2D eigenvalue weighted by Gasteiger charge is -2.30.